The molecule has 0 saturated carbocycles. The molecule has 2 rings (SSSR count). The Bertz CT molecular complexity index is 764. The van der Waals surface area contributed by atoms with E-state index in [2.05, 4.69) is 5.10 Å². The van der Waals surface area contributed by atoms with Crippen LogP contribution in [0.3, 0.4) is 0 Å². The molecule has 2 aromatic rings. The Balaban J connectivity index is 2.22. The minimum atomic E-state index is -2.85. The Labute approximate surface area is 141 Å². The molecular weight excluding hydrogens is 344 g/mol. The zero-order valence-electron chi connectivity index (χ0n) is 12.5. The van der Waals surface area contributed by atoms with E-state index in [9.17, 15) is 18.4 Å². The number of rotatable bonds is 6. The molecule has 0 bridgehead atoms. The van der Waals surface area contributed by atoms with E-state index < -0.39 is 30.8 Å². The maximum absolute atomic E-state index is 12.4. The summed E-state index contributed by atoms with van der Waals surface area (Å²) in [6.07, 6.45) is -3.83. The average Bonchev–Trinajstić information content (AvgIpc) is 2.88. The molecule has 0 aliphatic rings. The van der Waals surface area contributed by atoms with Gasteiger partial charge in [-0.2, -0.15) is 5.10 Å². The lowest BCUT2D eigenvalue weighted by molar-refractivity contribution is -0.140. The highest BCUT2D eigenvalue weighted by Crippen LogP contribution is 2.17. The van der Waals surface area contributed by atoms with Crippen molar-refractivity contribution in [2.45, 2.75) is 25.8 Å². The molecule has 1 aromatic carbocycles. The largest absolute Gasteiger partial charge is 0.480 e. The maximum atomic E-state index is 12.4. The smallest absolute Gasteiger partial charge is 0.326 e. The van der Waals surface area contributed by atoms with Gasteiger partial charge in [0.1, 0.15) is 6.04 Å². The molecule has 0 aliphatic heterocycles. The zero-order valence-corrected chi connectivity index (χ0v) is 13.3. The van der Waals surface area contributed by atoms with Crippen molar-refractivity contribution in [2.24, 2.45) is 0 Å². The number of hydrogen-bond donors (Lipinski definition) is 2. The van der Waals surface area contributed by atoms with Crippen molar-refractivity contribution >= 4 is 23.5 Å². The molecule has 0 fully saturated rings. The third-order valence-corrected chi connectivity index (χ3v) is 3.43. The monoisotopic (exact) mass is 357 g/mol. The van der Waals surface area contributed by atoms with Crippen LogP contribution in [0.15, 0.2) is 30.3 Å². The first-order valence-electron chi connectivity index (χ1n) is 6.92. The predicted molar refractivity (Wildman–Crippen MR) is 82.8 cm³/mol. The highest BCUT2D eigenvalue weighted by Gasteiger charge is 2.25. The number of hydrogen-bond acceptors (Lipinski definition) is 3. The van der Waals surface area contributed by atoms with Gasteiger partial charge in [0.15, 0.2) is 5.69 Å². The lowest BCUT2D eigenvalue weighted by Crippen LogP contribution is -2.42. The molecule has 1 heterocycles. The summed E-state index contributed by atoms with van der Waals surface area (Å²) in [7, 11) is 0. The van der Waals surface area contributed by atoms with Gasteiger partial charge in [-0.3, -0.25) is 4.79 Å². The van der Waals surface area contributed by atoms with Crippen molar-refractivity contribution in [2.75, 3.05) is 0 Å². The minimum Gasteiger partial charge on any atom is -0.480 e. The van der Waals surface area contributed by atoms with Gasteiger partial charge in [0, 0.05) is 17.1 Å². The van der Waals surface area contributed by atoms with E-state index in [-0.39, 0.29) is 5.69 Å². The number of benzene rings is 1. The number of nitrogens with zero attached hydrogens (tertiary/aromatic N) is 2. The fourth-order valence-corrected chi connectivity index (χ4v) is 2.27. The molecule has 6 nitrogen and oxygen atoms in total. The fourth-order valence-electron chi connectivity index (χ4n) is 2.09. The SMILES string of the molecule is Cc1cc(C(=O)NC(CC(F)F)C(=O)O)nn1-c1cccc(Cl)c1. The van der Waals surface area contributed by atoms with E-state index in [1.807, 2.05) is 5.32 Å². The van der Waals surface area contributed by atoms with Crippen LogP contribution in [0.5, 0.6) is 0 Å². The van der Waals surface area contributed by atoms with Gasteiger partial charge in [0.25, 0.3) is 5.91 Å². The van der Waals surface area contributed by atoms with E-state index in [0.717, 1.165) is 0 Å². The highest BCUT2D eigenvalue weighted by molar-refractivity contribution is 6.30. The van der Waals surface area contributed by atoms with Crippen molar-refractivity contribution in [3.8, 4) is 5.69 Å². The normalized spacial score (nSPS) is 12.2. The Morgan fingerprint density at radius 3 is 2.67 bits per heavy atom. The van der Waals surface area contributed by atoms with Gasteiger partial charge in [-0.15, -0.1) is 0 Å². The number of carboxylic acid groups (broad SMARTS) is 1. The maximum Gasteiger partial charge on any atom is 0.326 e. The van der Waals surface area contributed by atoms with Gasteiger partial charge in [0.05, 0.1) is 5.69 Å². The Hall–Kier alpha value is -2.48. The van der Waals surface area contributed by atoms with Crippen LogP contribution in [0.2, 0.25) is 5.02 Å². The number of carbonyl (C=O) groups is 2. The zero-order chi connectivity index (χ0) is 17.9. The molecule has 128 valence electrons. The van der Waals surface area contributed by atoms with Crippen LogP contribution in [0.25, 0.3) is 5.69 Å². The van der Waals surface area contributed by atoms with E-state index >= 15 is 0 Å². The molecular formula is C15H14ClF2N3O3. The number of amides is 1. The number of carbonyl (C=O) groups excluding carboxylic acids is 1. The highest BCUT2D eigenvalue weighted by atomic mass is 35.5. The molecule has 1 aromatic heterocycles. The molecule has 0 saturated heterocycles. The Kier molecular flexibility index (Phi) is 5.50. The molecule has 1 atom stereocenters. The predicted octanol–water partition coefficient (Wildman–Crippen LogP) is 2.67. The summed E-state index contributed by atoms with van der Waals surface area (Å²) in [5.74, 6) is -2.37. The summed E-state index contributed by atoms with van der Waals surface area (Å²) in [5, 5.41) is 15.5. The molecule has 1 amide bonds. The summed E-state index contributed by atoms with van der Waals surface area (Å²) < 4.78 is 26.2. The second kappa shape index (κ2) is 7.39. The van der Waals surface area contributed by atoms with Gasteiger partial charge in [-0.05, 0) is 31.2 Å². The van der Waals surface area contributed by atoms with Crippen LogP contribution in [0.1, 0.15) is 22.6 Å². The Morgan fingerprint density at radius 2 is 2.08 bits per heavy atom. The van der Waals surface area contributed by atoms with E-state index in [1.165, 1.54) is 10.7 Å². The number of aromatic nitrogens is 2. The molecule has 1 unspecified atom stereocenters. The third-order valence-electron chi connectivity index (χ3n) is 3.19. The topological polar surface area (TPSA) is 84.2 Å². The first kappa shape index (κ1) is 17.9. The third kappa shape index (κ3) is 4.29. The van der Waals surface area contributed by atoms with E-state index in [4.69, 9.17) is 16.7 Å². The van der Waals surface area contributed by atoms with Crippen LogP contribution >= 0.6 is 11.6 Å². The Morgan fingerprint density at radius 1 is 1.38 bits per heavy atom. The van der Waals surface area contributed by atoms with E-state index in [1.54, 1.807) is 31.2 Å². The number of nitrogens with one attached hydrogen (secondary N) is 1. The lowest BCUT2D eigenvalue weighted by Gasteiger charge is -2.12. The summed E-state index contributed by atoms with van der Waals surface area (Å²) in [6, 6.07) is 6.50. The number of halogens is 3. The van der Waals surface area contributed by atoms with Crippen LogP contribution < -0.4 is 5.32 Å². The quantitative estimate of drug-likeness (QED) is 0.832. The minimum absolute atomic E-state index is 0.0759. The number of aliphatic carboxylic acids is 1. The molecule has 24 heavy (non-hydrogen) atoms. The van der Waals surface area contributed by atoms with Crippen LogP contribution in [-0.4, -0.2) is 39.2 Å². The molecule has 0 spiro atoms. The average molecular weight is 358 g/mol. The summed E-state index contributed by atoms with van der Waals surface area (Å²) in [4.78, 5) is 23.0. The first-order chi connectivity index (χ1) is 11.3. The second-order valence-electron chi connectivity index (χ2n) is 5.05. The van der Waals surface area contributed by atoms with Gasteiger partial charge >= 0.3 is 5.97 Å². The lowest BCUT2D eigenvalue weighted by atomic mass is 10.2. The summed E-state index contributed by atoms with van der Waals surface area (Å²) in [5.41, 5.74) is 1.14. The number of alkyl halides is 2. The number of carboxylic acids is 1. The van der Waals surface area contributed by atoms with Crippen molar-refractivity contribution in [1.82, 2.24) is 15.1 Å². The molecule has 0 aliphatic carbocycles. The van der Waals surface area contributed by atoms with Crippen LogP contribution in [0.4, 0.5) is 8.78 Å². The van der Waals surface area contributed by atoms with Crippen LogP contribution in [0, 0.1) is 6.92 Å². The molecule has 0 radical (unpaired) electrons. The van der Waals surface area contributed by atoms with Crippen molar-refractivity contribution < 1.29 is 23.5 Å². The van der Waals surface area contributed by atoms with Crippen molar-refractivity contribution in [1.29, 1.82) is 0 Å². The van der Waals surface area contributed by atoms with Gasteiger partial charge in [-0.25, -0.2) is 18.3 Å². The van der Waals surface area contributed by atoms with Gasteiger partial charge < -0.3 is 10.4 Å². The van der Waals surface area contributed by atoms with E-state index in [0.29, 0.717) is 16.4 Å². The number of aryl methyl sites for hydroxylation is 1. The van der Waals surface area contributed by atoms with Crippen LogP contribution in [-0.2, 0) is 4.79 Å². The summed E-state index contributed by atoms with van der Waals surface area (Å²) >= 11 is 5.91. The second-order valence-corrected chi connectivity index (χ2v) is 5.49. The van der Waals surface area contributed by atoms with Crippen molar-refractivity contribution in [3.05, 3.63) is 46.7 Å². The molecule has 9 heteroatoms. The summed E-state index contributed by atoms with van der Waals surface area (Å²) in [6.45, 7) is 1.69. The fraction of sp³-hybridized carbons (Fsp3) is 0.267. The standard InChI is InChI=1S/C15H14ClF2N3O3/c1-8-5-11(14(22)19-12(15(23)24)7-13(17)18)20-21(8)10-4-2-3-9(16)6-10/h2-6,12-13H,7H2,1H3,(H,19,22)(H,23,24). The van der Waals surface area contributed by atoms with Crippen molar-refractivity contribution in [3.63, 3.8) is 0 Å². The molecule has 2 N–H and O–H groups in total. The van der Waals surface area contributed by atoms with Gasteiger partial charge in [0.2, 0.25) is 6.43 Å². The first-order valence-corrected chi connectivity index (χ1v) is 7.30. The van der Waals surface area contributed by atoms with Gasteiger partial charge in [-0.1, -0.05) is 17.7 Å².